The topological polar surface area (TPSA) is 104 Å². The number of piperidine rings is 1. The number of aliphatic hydroxyl groups excluding tert-OH is 1. The maximum absolute atomic E-state index is 13.8. The van der Waals surface area contributed by atoms with Gasteiger partial charge in [-0.25, -0.2) is 19.3 Å². The van der Waals surface area contributed by atoms with Gasteiger partial charge in [0.1, 0.15) is 11.9 Å². The van der Waals surface area contributed by atoms with E-state index < -0.39 is 25.0 Å². The second-order valence-corrected chi connectivity index (χ2v) is 9.61. The molecule has 2 aromatic carbocycles. The van der Waals surface area contributed by atoms with Crippen LogP contribution in [0.4, 0.5) is 29.2 Å². The first-order chi connectivity index (χ1) is 19.2. The Kier molecular flexibility index (Phi) is 9.46. The van der Waals surface area contributed by atoms with Crippen molar-refractivity contribution in [3.8, 4) is 22.9 Å². The van der Waals surface area contributed by atoms with Crippen molar-refractivity contribution >= 4 is 34.8 Å². The number of aliphatic hydroxyl groups is 1. The number of pyridine rings is 1. The first-order valence-electron chi connectivity index (χ1n) is 12.8. The molecule has 3 atom stereocenters. The third-order valence-corrected chi connectivity index (χ3v) is 6.60. The van der Waals surface area contributed by atoms with Crippen LogP contribution in [0.1, 0.15) is 12.0 Å². The third kappa shape index (κ3) is 7.13. The Morgan fingerprint density at radius 2 is 1.88 bits per heavy atom. The molecule has 1 aliphatic rings. The van der Waals surface area contributed by atoms with Gasteiger partial charge in [-0.05, 0) is 36.8 Å². The Labute approximate surface area is 240 Å². The lowest BCUT2D eigenvalue weighted by atomic mass is 10.0. The highest BCUT2D eigenvalue weighted by molar-refractivity contribution is 5.98. The molecule has 1 fully saturated rings. The SMILES string of the molecule is Cc1ccc2c(NC[C@H](O)C(F)(F)F)cccc2c1Oc1ncccc1-c1ccnc(N[C@@H]2CNC[C@@H](F)C2)n1.Cl. The summed E-state index contributed by atoms with van der Waals surface area (Å²) in [6, 6.07) is 13.8. The van der Waals surface area contributed by atoms with Crippen molar-refractivity contribution in [1.82, 2.24) is 20.3 Å². The quantitative estimate of drug-likeness (QED) is 0.194. The highest BCUT2D eigenvalue weighted by Crippen LogP contribution is 2.38. The number of aromatic nitrogens is 3. The normalized spacial score (nSPS) is 17.9. The van der Waals surface area contributed by atoms with Crippen LogP contribution in [0.5, 0.6) is 11.6 Å². The molecule has 3 heterocycles. The number of hydrogen-bond acceptors (Lipinski definition) is 8. The van der Waals surface area contributed by atoms with Crippen LogP contribution in [0.2, 0.25) is 0 Å². The molecule has 1 saturated heterocycles. The number of aryl methyl sites for hydroxylation is 1. The van der Waals surface area contributed by atoms with Gasteiger partial charge in [-0.1, -0.05) is 24.3 Å². The molecule has 0 amide bonds. The first-order valence-corrected chi connectivity index (χ1v) is 12.8. The number of benzene rings is 2. The van der Waals surface area contributed by atoms with Crippen LogP contribution in [0.3, 0.4) is 0 Å². The fraction of sp³-hybridized carbons (Fsp3) is 0.321. The van der Waals surface area contributed by atoms with Crippen LogP contribution in [0, 0.1) is 6.92 Å². The van der Waals surface area contributed by atoms with Gasteiger partial charge in [-0.3, -0.25) is 0 Å². The molecule has 4 aromatic rings. The van der Waals surface area contributed by atoms with E-state index in [0.29, 0.717) is 58.9 Å². The van der Waals surface area contributed by atoms with Crippen molar-refractivity contribution in [2.75, 3.05) is 30.3 Å². The Hall–Kier alpha value is -3.74. The smallest absolute Gasteiger partial charge is 0.416 e. The first kappa shape index (κ1) is 30.2. The van der Waals surface area contributed by atoms with Gasteiger partial charge in [0.2, 0.25) is 11.8 Å². The summed E-state index contributed by atoms with van der Waals surface area (Å²) in [7, 11) is 0. The molecule has 1 aliphatic heterocycles. The molecule has 2 aromatic heterocycles. The van der Waals surface area contributed by atoms with Crippen molar-refractivity contribution in [1.29, 1.82) is 0 Å². The van der Waals surface area contributed by atoms with Gasteiger partial charge < -0.3 is 25.8 Å². The van der Waals surface area contributed by atoms with Gasteiger partial charge in [-0.2, -0.15) is 13.2 Å². The highest BCUT2D eigenvalue weighted by Gasteiger charge is 2.37. The molecule has 0 radical (unpaired) electrons. The predicted molar refractivity (Wildman–Crippen MR) is 152 cm³/mol. The van der Waals surface area contributed by atoms with E-state index in [1.807, 2.05) is 6.92 Å². The van der Waals surface area contributed by atoms with Crippen LogP contribution >= 0.6 is 12.4 Å². The number of halogens is 5. The van der Waals surface area contributed by atoms with Crippen LogP contribution in [-0.2, 0) is 0 Å². The average molecular weight is 593 g/mol. The van der Waals surface area contributed by atoms with Crippen LogP contribution in [-0.4, -0.2) is 64.2 Å². The summed E-state index contributed by atoms with van der Waals surface area (Å²) < 4.78 is 58.6. The van der Waals surface area contributed by atoms with Crippen LogP contribution in [0.25, 0.3) is 22.0 Å². The largest absolute Gasteiger partial charge is 0.437 e. The van der Waals surface area contributed by atoms with Gasteiger partial charge in [0.05, 0.1) is 11.3 Å². The van der Waals surface area contributed by atoms with Crippen molar-refractivity contribution in [3.05, 3.63) is 66.5 Å². The van der Waals surface area contributed by atoms with E-state index in [1.54, 1.807) is 60.9 Å². The molecule has 13 heteroatoms. The lowest BCUT2D eigenvalue weighted by Crippen LogP contribution is -2.44. The Morgan fingerprint density at radius 3 is 2.66 bits per heavy atom. The lowest BCUT2D eigenvalue weighted by Gasteiger charge is -2.26. The van der Waals surface area contributed by atoms with E-state index in [2.05, 4.69) is 30.9 Å². The van der Waals surface area contributed by atoms with Crippen molar-refractivity contribution < 1.29 is 27.4 Å². The molecule has 0 saturated carbocycles. The summed E-state index contributed by atoms with van der Waals surface area (Å²) in [4.78, 5) is 13.3. The zero-order valence-corrected chi connectivity index (χ0v) is 22.8. The molecule has 0 spiro atoms. The van der Waals surface area contributed by atoms with Crippen LogP contribution < -0.4 is 20.7 Å². The van der Waals surface area contributed by atoms with Gasteiger partial charge in [0, 0.05) is 61.0 Å². The second-order valence-electron chi connectivity index (χ2n) is 9.61. The Bertz CT molecular complexity index is 1490. The van der Waals surface area contributed by atoms with E-state index >= 15 is 0 Å². The summed E-state index contributed by atoms with van der Waals surface area (Å²) in [5.74, 6) is 1.11. The number of alkyl halides is 4. The summed E-state index contributed by atoms with van der Waals surface area (Å²) >= 11 is 0. The minimum atomic E-state index is -4.73. The highest BCUT2D eigenvalue weighted by atomic mass is 35.5. The van der Waals surface area contributed by atoms with Crippen molar-refractivity contribution in [2.45, 2.75) is 37.8 Å². The molecule has 41 heavy (non-hydrogen) atoms. The van der Waals surface area contributed by atoms with Crippen molar-refractivity contribution in [3.63, 3.8) is 0 Å². The van der Waals surface area contributed by atoms with Crippen molar-refractivity contribution in [2.24, 2.45) is 0 Å². The van der Waals surface area contributed by atoms with Crippen LogP contribution in [0.15, 0.2) is 60.9 Å². The van der Waals surface area contributed by atoms with E-state index in [9.17, 15) is 22.7 Å². The minimum Gasteiger partial charge on any atom is -0.437 e. The number of nitrogens with zero attached hydrogens (tertiary/aromatic N) is 3. The molecule has 8 nitrogen and oxygen atoms in total. The second kappa shape index (κ2) is 12.8. The fourth-order valence-electron chi connectivity index (χ4n) is 4.58. The van der Waals surface area contributed by atoms with E-state index in [1.165, 1.54) is 0 Å². The number of nitrogens with one attached hydrogen (secondary N) is 3. The van der Waals surface area contributed by atoms with Gasteiger partial charge in [0.15, 0.2) is 6.10 Å². The number of hydrogen-bond donors (Lipinski definition) is 4. The van der Waals surface area contributed by atoms with E-state index in [0.717, 1.165) is 5.56 Å². The van der Waals surface area contributed by atoms with E-state index in [4.69, 9.17) is 4.74 Å². The van der Waals surface area contributed by atoms with E-state index in [-0.39, 0.29) is 24.3 Å². The fourth-order valence-corrected chi connectivity index (χ4v) is 4.58. The molecule has 4 N–H and O–H groups in total. The Morgan fingerprint density at radius 1 is 1.05 bits per heavy atom. The third-order valence-electron chi connectivity index (χ3n) is 6.60. The van der Waals surface area contributed by atoms with Gasteiger partial charge in [-0.15, -0.1) is 12.4 Å². The summed E-state index contributed by atoms with van der Waals surface area (Å²) in [6.45, 7) is 2.09. The molecule has 5 rings (SSSR count). The Balaban J connectivity index is 0.00000387. The molecule has 0 unspecified atom stereocenters. The molecular formula is C28H29ClF4N6O2. The number of anilines is 2. The zero-order chi connectivity index (χ0) is 28.3. The average Bonchev–Trinajstić information content (AvgIpc) is 2.93. The summed E-state index contributed by atoms with van der Waals surface area (Å²) in [6.07, 6.45) is -4.63. The molecule has 218 valence electrons. The van der Waals surface area contributed by atoms with Gasteiger partial charge in [0.25, 0.3) is 0 Å². The summed E-state index contributed by atoms with van der Waals surface area (Å²) in [5, 5.41) is 19.6. The monoisotopic (exact) mass is 592 g/mol. The predicted octanol–water partition coefficient (Wildman–Crippen LogP) is 5.66. The molecule has 0 bridgehead atoms. The minimum absolute atomic E-state index is 0. The number of ether oxygens (including phenoxy) is 1. The standard InChI is InChI=1S/C28H28F4N6O2.ClH/c1-16-7-8-19-20(4-2-6-22(19)36-15-24(39)28(30,31)32)25(16)40-26-21(5-3-10-34-26)23-9-11-35-27(38-23)37-18-12-17(29)13-33-14-18;/h2-11,17-18,24,33,36,39H,12-15H2,1H3,(H,35,37,38);1H/t17-,18-,24-;/m0./s1. The zero-order valence-electron chi connectivity index (χ0n) is 22.0. The number of fused-ring (bicyclic) bond motifs is 1. The van der Waals surface area contributed by atoms with Gasteiger partial charge >= 0.3 is 6.18 Å². The lowest BCUT2D eigenvalue weighted by molar-refractivity contribution is -0.198. The maximum atomic E-state index is 13.8. The summed E-state index contributed by atoms with van der Waals surface area (Å²) in [5.41, 5.74) is 2.35. The molecular weight excluding hydrogens is 564 g/mol. The molecule has 0 aliphatic carbocycles. The number of rotatable bonds is 8. The maximum Gasteiger partial charge on any atom is 0.416 e.